The summed E-state index contributed by atoms with van der Waals surface area (Å²) in [4.78, 5) is 2.24. The van der Waals surface area contributed by atoms with Crippen LogP contribution in [0.15, 0.2) is 60.7 Å². The molecule has 1 heterocycles. The van der Waals surface area contributed by atoms with Gasteiger partial charge in [0.15, 0.2) is 0 Å². The molecule has 0 unspecified atom stereocenters. The molecule has 1 saturated heterocycles. The highest BCUT2D eigenvalue weighted by Crippen LogP contribution is 2.12. The molecule has 3 rings (SSSR count). The molecular formula is C17H21NO2Si. The molecule has 2 aromatic carbocycles. The molecule has 0 bridgehead atoms. The zero-order valence-electron chi connectivity index (χ0n) is 12.4. The van der Waals surface area contributed by atoms with Gasteiger partial charge in [-0.1, -0.05) is 60.7 Å². The lowest BCUT2D eigenvalue weighted by atomic mass is 10.4. The molecule has 4 heteroatoms. The minimum atomic E-state index is -2.57. The summed E-state index contributed by atoms with van der Waals surface area (Å²) in [5, 5.41) is 2.36. The number of benzene rings is 2. The molecule has 0 atom stereocenters. The zero-order valence-corrected chi connectivity index (χ0v) is 13.4. The first-order valence-corrected chi connectivity index (χ1v) is 9.20. The quantitative estimate of drug-likeness (QED) is 0.779. The summed E-state index contributed by atoms with van der Waals surface area (Å²) in [5.41, 5.74) is 0. The highest BCUT2D eigenvalue weighted by Gasteiger charge is 2.43. The van der Waals surface area contributed by atoms with Gasteiger partial charge in [0.1, 0.15) is 0 Å². The van der Waals surface area contributed by atoms with E-state index in [-0.39, 0.29) is 0 Å². The van der Waals surface area contributed by atoms with Gasteiger partial charge in [-0.2, -0.15) is 0 Å². The Bertz CT molecular complexity index is 510. The minimum absolute atomic E-state index is 0.701. The number of hydrogen-bond donors (Lipinski definition) is 0. The molecule has 3 nitrogen and oxygen atoms in total. The fourth-order valence-corrected chi connectivity index (χ4v) is 5.76. The van der Waals surface area contributed by atoms with Gasteiger partial charge in [-0.15, -0.1) is 0 Å². The molecule has 0 aliphatic carbocycles. The van der Waals surface area contributed by atoms with Crippen molar-refractivity contribution in [1.82, 2.24) is 4.90 Å². The highest BCUT2D eigenvalue weighted by atomic mass is 28.4. The van der Waals surface area contributed by atoms with E-state index in [4.69, 9.17) is 8.85 Å². The summed E-state index contributed by atoms with van der Waals surface area (Å²) in [6, 6.07) is 20.8. The second-order valence-corrected chi connectivity index (χ2v) is 8.31. The van der Waals surface area contributed by atoms with Crippen molar-refractivity contribution in [1.29, 1.82) is 0 Å². The Hall–Kier alpha value is -1.46. The Morgan fingerprint density at radius 1 is 0.762 bits per heavy atom. The van der Waals surface area contributed by atoms with Gasteiger partial charge in [0.2, 0.25) is 0 Å². The Kier molecular flexibility index (Phi) is 4.50. The summed E-state index contributed by atoms with van der Waals surface area (Å²) in [6.07, 6.45) is 0. The van der Waals surface area contributed by atoms with Gasteiger partial charge in [0, 0.05) is 26.3 Å². The van der Waals surface area contributed by atoms with Crippen molar-refractivity contribution in [3.63, 3.8) is 0 Å². The van der Waals surface area contributed by atoms with Crippen molar-refractivity contribution in [3.8, 4) is 0 Å². The van der Waals surface area contributed by atoms with E-state index in [0.717, 1.165) is 13.1 Å². The van der Waals surface area contributed by atoms with Crippen LogP contribution in [0.4, 0.5) is 0 Å². The second-order valence-electron chi connectivity index (χ2n) is 5.35. The topological polar surface area (TPSA) is 21.7 Å². The summed E-state index contributed by atoms with van der Waals surface area (Å²) in [5.74, 6) is 0. The van der Waals surface area contributed by atoms with E-state index in [9.17, 15) is 0 Å². The van der Waals surface area contributed by atoms with Crippen molar-refractivity contribution in [3.05, 3.63) is 60.7 Å². The maximum atomic E-state index is 6.39. The van der Waals surface area contributed by atoms with Crippen LogP contribution < -0.4 is 10.4 Å². The van der Waals surface area contributed by atoms with E-state index in [2.05, 4.69) is 60.5 Å². The van der Waals surface area contributed by atoms with Crippen LogP contribution in [0.3, 0.4) is 0 Å². The average molecular weight is 299 g/mol. The minimum Gasteiger partial charge on any atom is -0.386 e. The summed E-state index contributed by atoms with van der Waals surface area (Å²) in [7, 11) is -0.470. The first-order valence-electron chi connectivity index (χ1n) is 7.39. The van der Waals surface area contributed by atoms with E-state index in [0.29, 0.717) is 13.2 Å². The second kappa shape index (κ2) is 6.53. The first kappa shape index (κ1) is 14.5. The van der Waals surface area contributed by atoms with Crippen LogP contribution in [0.5, 0.6) is 0 Å². The van der Waals surface area contributed by atoms with E-state index in [1.165, 1.54) is 10.4 Å². The van der Waals surface area contributed by atoms with E-state index in [1.807, 2.05) is 12.1 Å². The van der Waals surface area contributed by atoms with Gasteiger partial charge in [-0.3, -0.25) is 0 Å². The van der Waals surface area contributed by atoms with Gasteiger partial charge in [0.25, 0.3) is 0 Å². The van der Waals surface area contributed by atoms with Gasteiger partial charge >= 0.3 is 8.56 Å². The smallest absolute Gasteiger partial charge is 0.386 e. The maximum Gasteiger partial charge on any atom is 0.407 e. The zero-order chi connectivity index (χ0) is 14.5. The van der Waals surface area contributed by atoms with Gasteiger partial charge in [-0.25, -0.2) is 0 Å². The van der Waals surface area contributed by atoms with Gasteiger partial charge < -0.3 is 13.8 Å². The van der Waals surface area contributed by atoms with Gasteiger partial charge in [-0.05, 0) is 17.4 Å². The molecule has 1 fully saturated rings. The predicted octanol–water partition coefficient (Wildman–Crippen LogP) is 1.22. The fourth-order valence-electron chi connectivity index (χ4n) is 2.66. The molecule has 0 radical (unpaired) electrons. The Morgan fingerprint density at radius 3 is 1.62 bits per heavy atom. The van der Waals surface area contributed by atoms with Crippen molar-refractivity contribution >= 4 is 18.9 Å². The lowest BCUT2D eigenvalue weighted by Gasteiger charge is -2.35. The number of likely N-dealkylation sites (N-methyl/N-ethyl adjacent to an activating group) is 1. The summed E-state index contributed by atoms with van der Waals surface area (Å²) < 4.78 is 12.8. The molecule has 2 aromatic rings. The SMILES string of the molecule is CN1CCO[Si](c2ccccc2)(c2ccccc2)OCC1. The molecule has 110 valence electrons. The Balaban J connectivity index is 2.02. The molecule has 0 amide bonds. The van der Waals surface area contributed by atoms with Crippen LogP contribution in [-0.4, -0.2) is 46.8 Å². The largest absolute Gasteiger partial charge is 0.407 e. The highest BCUT2D eigenvalue weighted by molar-refractivity contribution is 6.92. The van der Waals surface area contributed by atoms with Gasteiger partial charge in [0.05, 0.1) is 0 Å². The van der Waals surface area contributed by atoms with Crippen molar-refractivity contribution in [2.75, 3.05) is 33.4 Å². The molecule has 0 saturated carbocycles. The third-order valence-electron chi connectivity index (χ3n) is 3.86. The standard InChI is InChI=1S/C17H21NO2Si/c1-18-12-14-19-21(20-15-13-18,16-8-4-2-5-9-16)17-10-6-3-7-11-17/h2-11H,12-15H2,1H3. The Labute approximate surface area is 127 Å². The fraction of sp³-hybridized carbons (Fsp3) is 0.294. The van der Waals surface area contributed by atoms with Crippen LogP contribution in [0.2, 0.25) is 0 Å². The van der Waals surface area contributed by atoms with E-state index in [1.54, 1.807) is 0 Å². The van der Waals surface area contributed by atoms with Crippen LogP contribution in [-0.2, 0) is 8.85 Å². The normalized spacial score (nSPS) is 19.7. The predicted molar refractivity (Wildman–Crippen MR) is 87.3 cm³/mol. The van der Waals surface area contributed by atoms with Crippen molar-refractivity contribution < 1.29 is 8.85 Å². The van der Waals surface area contributed by atoms with Crippen molar-refractivity contribution in [2.24, 2.45) is 0 Å². The number of nitrogens with zero attached hydrogens (tertiary/aromatic N) is 1. The van der Waals surface area contributed by atoms with E-state index >= 15 is 0 Å². The molecule has 1 aliphatic rings. The van der Waals surface area contributed by atoms with Crippen LogP contribution in [0, 0.1) is 0 Å². The third kappa shape index (κ3) is 3.08. The van der Waals surface area contributed by atoms with E-state index < -0.39 is 8.56 Å². The third-order valence-corrected chi connectivity index (χ3v) is 7.27. The van der Waals surface area contributed by atoms with Crippen LogP contribution in [0.25, 0.3) is 0 Å². The van der Waals surface area contributed by atoms with Crippen LogP contribution in [0.1, 0.15) is 0 Å². The Morgan fingerprint density at radius 2 is 1.19 bits per heavy atom. The lowest BCUT2D eigenvalue weighted by Crippen LogP contribution is -2.65. The van der Waals surface area contributed by atoms with Crippen molar-refractivity contribution in [2.45, 2.75) is 0 Å². The molecule has 21 heavy (non-hydrogen) atoms. The molecule has 0 N–H and O–H groups in total. The molecule has 0 aromatic heterocycles. The maximum absolute atomic E-state index is 6.39. The number of rotatable bonds is 2. The molecule has 0 spiro atoms. The lowest BCUT2D eigenvalue weighted by molar-refractivity contribution is 0.121. The molecular weight excluding hydrogens is 278 g/mol. The monoisotopic (exact) mass is 299 g/mol. The molecule has 1 aliphatic heterocycles. The average Bonchev–Trinajstić information content (AvgIpc) is 2.53. The first-order chi connectivity index (χ1) is 10.3. The summed E-state index contributed by atoms with van der Waals surface area (Å²) in [6.45, 7) is 3.29. The summed E-state index contributed by atoms with van der Waals surface area (Å²) >= 11 is 0. The number of hydrogen-bond acceptors (Lipinski definition) is 3. The van der Waals surface area contributed by atoms with Crippen LogP contribution >= 0.6 is 0 Å².